The van der Waals surface area contributed by atoms with Gasteiger partial charge >= 0.3 is 0 Å². The molecule has 1 saturated heterocycles. The summed E-state index contributed by atoms with van der Waals surface area (Å²) in [6.07, 6.45) is 0. The lowest BCUT2D eigenvalue weighted by Crippen LogP contribution is -2.55. The normalized spacial score (nSPS) is 16.7. The lowest BCUT2D eigenvalue weighted by molar-refractivity contribution is -0.134. The average Bonchev–Trinajstić information content (AvgIpc) is 3.09. The summed E-state index contributed by atoms with van der Waals surface area (Å²) in [5.41, 5.74) is 0. The highest BCUT2D eigenvalue weighted by atomic mass is 32.1. The average molecular weight is 338 g/mol. The predicted octanol–water partition coefficient (Wildman–Crippen LogP) is -0.243. The van der Waals surface area contributed by atoms with Gasteiger partial charge in [-0.25, -0.2) is 0 Å². The highest BCUT2D eigenvalue weighted by Gasteiger charge is 2.26. The van der Waals surface area contributed by atoms with E-state index in [9.17, 15) is 14.4 Å². The van der Waals surface area contributed by atoms with Crippen molar-refractivity contribution >= 4 is 29.1 Å². The lowest BCUT2D eigenvalue weighted by Gasteiger charge is -2.35. The Hall–Kier alpha value is -1.93. The molecule has 126 valence electrons. The van der Waals surface area contributed by atoms with Gasteiger partial charge in [-0.2, -0.15) is 0 Å². The number of amides is 3. The topological polar surface area (TPSA) is 81.8 Å². The van der Waals surface area contributed by atoms with E-state index in [1.165, 1.54) is 11.3 Å². The van der Waals surface area contributed by atoms with Gasteiger partial charge in [0.15, 0.2) is 0 Å². The molecule has 0 bridgehead atoms. The van der Waals surface area contributed by atoms with E-state index in [0.717, 1.165) is 0 Å². The van der Waals surface area contributed by atoms with E-state index in [4.69, 9.17) is 0 Å². The monoisotopic (exact) mass is 338 g/mol. The van der Waals surface area contributed by atoms with E-state index in [-0.39, 0.29) is 17.7 Å². The first-order chi connectivity index (χ1) is 11.0. The van der Waals surface area contributed by atoms with Crippen LogP contribution in [0, 0.1) is 0 Å². The maximum Gasteiger partial charge on any atom is 0.261 e. The molecule has 1 fully saturated rings. The Morgan fingerprint density at radius 1 is 1.26 bits per heavy atom. The summed E-state index contributed by atoms with van der Waals surface area (Å²) < 4.78 is 0. The van der Waals surface area contributed by atoms with Gasteiger partial charge in [0.1, 0.15) is 6.04 Å². The fourth-order valence-electron chi connectivity index (χ4n) is 2.42. The van der Waals surface area contributed by atoms with Crippen LogP contribution in [0.4, 0.5) is 0 Å². The van der Waals surface area contributed by atoms with Crippen LogP contribution in [-0.4, -0.2) is 73.3 Å². The van der Waals surface area contributed by atoms with Gasteiger partial charge in [0, 0.05) is 33.2 Å². The van der Waals surface area contributed by atoms with Crippen molar-refractivity contribution in [1.29, 1.82) is 0 Å². The molecule has 1 aromatic heterocycles. The van der Waals surface area contributed by atoms with Crippen molar-refractivity contribution in [2.75, 3.05) is 39.8 Å². The second kappa shape index (κ2) is 8.07. The third-order valence-electron chi connectivity index (χ3n) is 3.79. The van der Waals surface area contributed by atoms with Crippen LogP contribution in [0.5, 0.6) is 0 Å². The molecule has 3 amide bonds. The van der Waals surface area contributed by atoms with Crippen molar-refractivity contribution in [1.82, 2.24) is 20.4 Å². The maximum absolute atomic E-state index is 12.4. The first-order valence-corrected chi connectivity index (χ1v) is 8.45. The maximum atomic E-state index is 12.4. The van der Waals surface area contributed by atoms with Crippen LogP contribution >= 0.6 is 11.3 Å². The molecule has 2 N–H and O–H groups in total. The quantitative estimate of drug-likeness (QED) is 0.776. The van der Waals surface area contributed by atoms with Crippen LogP contribution in [0.15, 0.2) is 17.5 Å². The zero-order chi connectivity index (χ0) is 16.8. The van der Waals surface area contributed by atoms with Gasteiger partial charge in [0.25, 0.3) is 5.91 Å². The van der Waals surface area contributed by atoms with Crippen LogP contribution in [-0.2, 0) is 9.59 Å². The minimum Gasteiger partial charge on any atom is -0.358 e. The highest BCUT2D eigenvalue weighted by molar-refractivity contribution is 7.12. The number of carbonyl (C=O) groups excluding carboxylic acids is 3. The summed E-state index contributed by atoms with van der Waals surface area (Å²) in [4.78, 5) is 40.1. The molecule has 7 nitrogen and oxygen atoms in total. The fraction of sp³-hybridized carbons (Fsp3) is 0.533. The van der Waals surface area contributed by atoms with Gasteiger partial charge in [-0.15, -0.1) is 11.3 Å². The number of nitrogens with one attached hydrogen (secondary N) is 2. The molecule has 0 radical (unpaired) electrons. The molecular formula is C15H22N4O3S. The molecule has 23 heavy (non-hydrogen) atoms. The van der Waals surface area contributed by atoms with E-state index in [1.807, 2.05) is 10.3 Å². The fourth-order valence-corrected chi connectivity index (χ4v) is 3.05. The third kappa shape index (κ3) is 4.77. The SMILES string of the molecule is CNC(=O)CN1CCN(C(=O)C(C)NC(=O)c2cccs2)CC1. The molecular weight excluding hydrogens is 316 g/mol. The van der Waals surface area contributed by atoms with Crippen LogP contribution in [0.25, 0.3) is 0 Å². The number of carbonyl (C=O) groups is 3. The van der Waals surface area contributed by atoms with Crippen LogP contribution in [0.2, 0.25) is 0 Å². The minimum absolute atomic E-state index is 0.0265. The van der Waals surface area contributed by atoms with Crippen molar-refractivity contribution in [3.05, 3.63) is 22.4 Å². The minimum atomic E-state index is -0.560. The van der Waals surface area contributed by atoms with E-state index in [0.29, 0.717) is 37.6 Å². The van der Waals surface area contributed by atoms with E-state index < -0.39 is 6.04 Å². The molecule has 1 aliphatic heterocycles. The van der Waals surface area contributed by atoms with Gasteiger partial charge in [-0.05, 0) is 18.4 Å². The number of hydrogen-bond donors (Lipinski definition) is 2. The molecule has 2 heterocycles. The molecule has 0 saturated carbocycles. The summed E-state index contributed by atoms with van der Waals surface area (Å²) in [7, 11) is 1.61. The summed E-state index contributed by atoms with van der Waals surface area (Å²) in [5.74, 6) is -0.338. The molecule has 0 spiro atoms. The Morgan fingerprint density at radius 2 is 1.96 bits per heavy atom. The second-order valence-corrected chi connectivity index (χ2v) is 6.39. The molecule has 1 unspecified atom stereocenters. The van der Waals surface area contributed by atoms with Gasteiger partial charge < -0.3 is 15.5 Å². The Kier molecular flexibility index (Phi) is 6.12. The summed E-state index contributed by atoms with van der Waals surface area (Å²) in [6.45, 7) is 4.49. The number of thiophene rings is 1. The Labute approximate surface area is 139 Å². The van der Waals surface area contributed by atoms with Crippen molar-refractivity contribution in [2.24, 2.45) is 0 Å². The second-order valence-electron chi connectivity index (χ2n) is 5.45. The zero-order valence-electron chi connectivity index (χ0n) is 13.4. The molecule has 1 aliphatic rings. The van der Waals surface area contributed by atoms with Crippen molar-refractivity contribution in [3.8, 4) is 0 Å². The number of hydrogen-bond acceptors (Lipinski definition) is 5. The standard InChI is InChI=1S/C15H22N4O3S/c1-11(17-14(21)12-4-3-9-23-12)15(22)19-7-5-18(6-8-19)10-13(20)16-2/h3-4,9,11H,5-8,10H2,1-2H3,(H,16,20)(H,17,21). The zero-order valence-corrected chi connectivity index (χ0v) is 14.2. The number of likely N-dealkylation sites (N-methyl/N-ethyl adjacent to an activating group) is 1. The van der Waals surface area contributed by atoms with E-state index >= 15 is 0 Å². The predicted molar refractivity (Wildman–Crippen MR) is 88.3 cm³/mol. The molecule has 2 rings (SSSR count). The first kappa shape index (κ1) is 17.4. The number of piperazine rings is 1. The van der Waals surface area contributed by atoms with Crippen molar-refractivity contribution in [3.63, 3.8) is 0 Å². The third-order valence-corrected chi connectivity index (χ3v) is 4.66. The van der Waals surface area contributed by atoms with E-state index in [2.05, 4.69) is 10.6 Å². The molecule has 1 atom stereocenters. The smallest absolute Gasteiger partial charge is 0.261 e. The molecule has 0 aliphatic carbocycles. The number of rotatable bonds is 5. The summed E-state index contributed by atoms with van der Waals surface area (Å²) in [5, 5.41) is 7.15. The number of nitrogens with zero attached hydrogens (tertiary/aromatic N) is 2. The van der Waals surface area contributed by atoms with Gasteiger partial charge in [0.2, 0.25) is 11.8 Å². The van der Waals surface area contributed by atoms with Gasteiger partial charge in [0.05, 0.1) is 11.4 Å². The largest absolute Gasteiger partial charge is 0.358 e. The summed E-state index contributed by atoms with van der Waals surface area (Å²) >= 11 is 1.35. The molecule has 1 aromatic rings. The Bertz CT molecular complexity index is 553. The Morgan fingerprint density at radius 3 is 2.52 bits per heavy atom. The van der Waals surface area contributed by atoms with Crippen molar-refractivity contribution in [2.45, 2.75) is 13.0 Å². The van der Waals surface area contributed by atoms with Crippen LogP contribution in [0.3, 0.4) is 0 Å². The Balaban J connectivity index is 1.80. The highest BCUT2D eigenvalue weighted by Crippen LogP contribution is 2.09. The summed E-state index contributed by atoms with van der Waals surface area (Å²) in [6, 6.07) is 2.97. The molecule has 0 aromatic carbocycles. The van der Waals surface area contributed by atoms with Crippen molar-refractivity contribution < 1.29 is 14.4 Å². The van der Waals surface area contributed by atoms with E-state index in [1.54, 1.807) is 31.0 Å². The van der Waals surface area contributed by atoms with Gasteiger partial charge in [-0.1, -0.05) is 6.07 Å². The van der Waals surface area contributed by atoms with Crippen LogP contribution in [0.1, 0.15) is 16.6 Å². The van der Waals surface area contributed by atoms with Gasteiger partial charge in [-0.3, -0.25) is 19.3 Å². The lowest BCUT2D eigenvalue weighted by atomic mass is 10.2. The van der Waals surface area contributed by atoms with Crippen LogP contribution < -0.4 is 10.6 Å². The first-order valence-electron chi connectivity index (χ1n) is 7.57. The molecule has 8 heteroatoms.